The molecule has 0 aliphatic carbocycles. The van der Waals surface area contributed by atoms with Crippen LogP contribution in [0.3, 0.4) is 0 Å². The fourth-order valence-electron chi connectivity index (χ4n) is 3.77. The molecule has 1 heterocycles. The van der Waals surface area contributed by atoms with Gasteiger partial charge in [-0.05, 0) is 47.2 Å². The number of imidazole rings is 1. The van der Waals surface area contributed by atoms with Gasteiger partial charge in [-0.1, -0.05) is 66.2 Å². The van der Waals surface area contributed by atoms with E-state index in [4.69, 9.17) is 16.6 Å². The molecular formula is C26H19ClN4O. The van der Waals surface area contributed by atoms with Gasteiger partial charge in [-0.3, -0.25) is 4.79 Å². The number of rotatable bonds is 5. The van der Waals surface area contributed by atoms with Gasteiger partial charge < -0.3 is 4.57 Å². The second kappa shape index (κ2) is 8.65. The average Bonchev–Trinajstić information content (AvgIpc) is 3.18. The Hall–Kier alpha value is -3.96. The maximum atomic E-state index is 12.8. The summed E-state index contributed by atoms with van der Waals surface area (Å²) in [7, 11) is 0. The van der Waals surface area contributed by atoms with E-state index in [1.54, 1.807) is 6.21 Å². The first-order valence-corrected chi connectivity index (χ1v) is 10.6. The minimum Gasteiger partial charge on any atom is -0.314 e. The molecule has 0 atom stereocenters. The Morgan fingerprint density at radius 3 is 2.56 bits per heavy atom. The number of nitrogens with zero attached hydrogens (tertiary/aromatic N) is 3. The van der Waals surface area contributed by atoms with E-state index >= 15 is 0 Å². The van der Waals surface area contributed by atoms with Crippen LogP contribution in [0.25, 0.3) is 33.2 Å². The Morgan fingerprint density at radius 1 is 0.938 bits per heavy atom. The molecule has 5 aromatic rings. The zero-order chi connectivity index (χ0) is 21.9. The first-order valence-electron chi connectivity index (χ1n) is 10.2. The number of carbonyl (C=O) groups is 1. The van der Waals surface area contributed by atoms with Crippen molar-refractivity contribution in [1.82, 2.24) is 15.0 Å². The molecule has 32 heavy (non-hydrogen) atoms. The largest absolute Gasteiger partial charge is 0.314 e. The minimum atomic E-state index is -0.236. The van der Waals surface area contributed by atoms with Crippen LogP contribution in [0.2, 0.25) is 5.02 Å². The van der Waals surface area contributed by atoms with E-state index in [9.17, 15) is 4.79 Å². The number of amides is 1. The Balaban J connectivity index is 1.40. The lowest BCUT2D eigenvalue weighted by Crippen LogP contribution is -2.23. The van der Waals surface area contributed by atoms with Crippen molar-refractivity contribution < 1.29 is 4.79 Å². The van der Waals surface area contributed by atoms with Crippen LogP contribution in [0, 0.1) is 0 Å². The highest BCUT2D eigenvalue weighted by molar-refractivity contribution is 6.30. The van der Waals surface area contributed by atoms with Gasteiger partial charge in [-0.25, -0.2) is 10.4 Å². The third-order valence-electron chi connectivity index (χ3n) is 5.27. The molecule has 0 fully saturated rings. The summed E-state index contributed by atoms with van der Waals surface area (Å²) in [6, 6.07) is 29.2. The number of carbonyl (C=O) groups excluding carboxylic acids is 1. The van der Waals surface area contributed by atoms with E-state index in [1.807, 2.05) is 95.6 Å². The Morgan fingerprint density at radius 2 is 1.69 bits per heavy atom. The first kappa shape index (κ1) is 20.0. The predicted octanol–water partition coefficient (Wildman–Crippen LogP) is 5.66. The summed E-state index contributed by atoms with van der Waals surface area (Å²) >= 11 is 6.04. The highest BCUT2D eigenvalue weighted by atomic mass is 35.5. The normalized spacial score (nSPS) is 11.4. The van der Waals surface area contributed by atoms with Gasteiger partial charge >= 0.3 is 0 Å². The van der Waals surface area contributed by atoms with Crippen LogP contribution in [-0.2, 0) is 11.3 Å². The second-order valence-electron chi connectivity index (χ2n) is 7.38. The predicted molar refractivity (Wildman–Crippen MR) is 130 cm³/mol. The van der Waals surface area contributed by atoms with Crippen LogP contribution in [0.15, 0.2) is 96.1 Å². The van der Waals surface area contributed by atoms with Gasteiger partial charge in [0, 0.05) is 16.1 Å². The first-order chi connectivity index (χ1) is 15.7. The van der Waals surface area contributed by atoms with Crippen molar-refractivity contribution in [2.75, 3.05) is 0 Å². The van der Waals surface area contributed by atoms with E-state index in [0.717, 1.165) is 32.9 Å². The van der Waals surface area contributed by atoms with E-state index in [1.165, 1.54) is 0 Å². The highest BCUT2D eigenvalue weighted by Crippen LogP contribution is 2.26. The summed E-state index contributed by atoms with van der Waals surface area (Å²) < 4.78 is 1.89. The SMILES string of the molecule is O=C(Cn1c(-c2ccc(Cl)cc2)nc2ccccc21)N/N=C/c1cccc2ccccc12. The number of halogens is 1. The maximum absolute atomic E-state index is 12.8. The number of fused-ring (bicyclic) bond motifs is 2. The summed E-state index contributed by atoms with van der Waals surface area (Å²) in [4.78, 5) is 17.5. The van der Waals surface area contributed by atoms with Crippen LogP contribution >= 0.6 is 11.6 Å². The molecule has 0 aliphatic heterocycles. The van der Waals surface area contributed by atoms with E-state index in [-0.39, 0.29) is 12.5 Å². The number of para-hydroxylation sites is 2. The van der Waals surface area contributed by atoms with E-state index < -0.39 is 0 Å². The molecular weight excluding hydrogens is 420 g/mol. The van der Waals surface area contributed by atoms with Gasteiger partial charge in [-0.15, -0.1) is 0 Å². The molecule has 0 bridgehead atoms. The number of hydrazone groups is 1. The third-order valence-corrected chi connectivity index (χ3v) is 5.53. The number of nitrogens with one attached hydrogen (secondary N) is 1. The van der Waals surface area contributed by atoms with Crippen molar-refractivity contribution >= 4 is 45.5 Å². The van der Waals surface area contributed by atoms with Gasteiger partial charge in [0.2, 0.25) is 0 Å². The lowest BCUT2D eigenvalue weighted by Gasteiger charge is -2.08. The number of aromatic nitrogens is 2. The molecule has 0 saturated carbocycles. The van der Waals surface area contributed by atoms with E-state index in [2.05, 4.69) is 10.5 Å². The highest BCUT2D eigenvalue weighted by Gasteiger charge is 2.15. The van der Waals surface area contributed by atoms with E-state index in [0.29, 0.717) is 10.8 Å². The summed E-state index contributed by atoms with van der Waals surface area (Å²) in [6.07, 6.45) is 1.67. The number of hydrogen-bond acceptors (Lipinski definition) is 3. The molecule has 0 unspecified atom stereocenters. The molecule has 1 aromatic heterocycles. The molecule has 6 heteroatoms. The lowest BCUT2D eigenvalue weighted by atomic mass is 10.1. The van der Waals surface area contributed by atoms with Gasteiger partial charge in [-0.2, -0.15) is 5.10 Å². The van der Waals surface area contributed by atoms with Crippen molar-refractivity contribution in [3.63, 3.8) is 0 Å². The van der Waals surface area contributed by atoms with Gasteiger partial charge in [0.25, 0.3) is 5.91 Å². The quantitative estimate of drug-likeness (QED) is 0.284. The van der Waals surface area contributed by atoms with Crippen LogP contribution in [0.4, 0.5) is 0 Å². The Labute approximate surface area is 190 Å². The lowest BCUT2D eigenvalue weighted by molar-refractivity contribution is -0.121. The topological polar surface area (TPSA) is 59.3 Å². The molecule has 5 rings (SSSR count). The fourth-order valence-corrected chi connectivity index (χ4v) is 3.90. The number of benzene rings is 4. The summed E-state index contributed by atoms with van der Waals surface area (Å²) in [6.45, 7) is 0.0886. The molecule has 5 nitrogen and oxygen atoms in total. The summed E-state index contributed by atoms with van der Waals surface area (Å²) in [5.74, 6) is 0.468. The average molecular weight is 439 g/mol. The zero-order valence-electron chi connectivity index (χ0n) is 17.1. The third kappa shape index (κ3) is 3.98. The number of hydrogen-bond donors (Lipinski definition) is 1. The molecule has 1 N–H and O–H groups in total. The Kier molecular flexibility index (Phi) is 5.40. The Bertz CT molecular complexity index is 1450. The van der Waals surface area contributed by atoms with Crippen molar-refractivity contribution in [2.24, 2.45) is 5.10 Å². The molecule has 0 radical (unpaired) electrons. The zero-order valence-corrected chi connectivity index (χ0v) is 17.8. The van der Waals surface area contributed by atoms with Crippen molar-refractivity contribution in [2.45, 2.75) is 6.54 Å². The molecule has 0 saturated heterocycles. The molecule has 0 aliphatic rings. The van der Waals surface area contributed by atoms with Crippen molar-refractivity contribution in [1.29, 1.82) is 0 Å². The maximum Gasteiger partial charge on any atom is 0.260 e. The van der Waals surface area contributed by atoms with Crippen molar-refractivity contribution in [3.05, 3.63) is 102 Å². The minimum absolute atomic E-state index is 0.0886. The van der Waals surface area contributed by atoms with Crippen LogP contribution in [0.1, 0.15) is 5.56 Å². The summed E-state index contributed by atoms with van der Waals surface area (Å²) in [5, 5.41) is 7.05. The van der Waals surface area contributed by atoms with Crippen LogP contribution in [-0.4, -0.2) is 21.7 Å². The molecule has 156 valence electrons. The fraction of sp³-hybridized carbons (Fsp3) is 0.0385. The van der Waals surface area contributed by atoms with Crippen molar-refractivity contribution in [3.8, 4) is 11.4 Å². The molecule has 1 amide bonds. The standard InChI is InChI=1S/C26H19ClN4O/c27-21-14-12-19(13-15-21)26-29-23-10-3-4-11-24(23)31(26)17-25(32)30-28-16-20-8-5-7-18-6-1-2-9-22(18)20/h1-16H,17H2,(H,30,32)/b28-16+. The molecule has 0 spiro atoms. The van der Waals surface area contributed by atoms with Crippen LogP contribution in [0.5, 0.6) is 0 Å². The second-order valence-corrected chi connectivity index (χ2v) is 7.82. The smallest absolute Gasteiger partial charge is 0.260 e. The summed E-state index contributed by atoms with van der Waals surface area (Å²) in [5.41, 5.74) is 6.18. The van der Waals surface area contributed by atoms with Gasteiger partial charge in [0.1, 0.15) is 12.4 Å². The van der Waals surface area contributed by atoms with Crippen LogP contribution < -0.4 is 5.43 Å². The van der Waals surface area contributed by atoms with Gasteiger partial charge in [0.05, 0.1) is 17.2 Å². The monoisotopic (exact) mass is 438 g/mol. The molecule has 4 aromatic carbocycles. The van der Waals surface area contributed by atoms with Gasteiger partial charge in [0.15, 0.2) is 0 Å².